The molecule has 114 valence electrons. The van der Waals surface area contributed by atoms with Crippen molar-refractivity contribution in [1.29, 1.82) is 0 Å². The fourth-order valence-electron chi connectivity index (χ4n) is 0.426. The number of hydrogen-bond donors (Lipinski definition) is 2. The normalized spacial score (nSPS) is 8.11. The molecule has 6 nitrogen and oxygen atoms in total. The van der Waals surface area contributed by atoms with Crippen LogP contribution in [0.15, 0.2) is 0 Å². The van der Waals surface area contributed by atoms with Gasteiger partial charge in [0, 0.05) is 6.54 Å². The number of esters is 2. The summed E-state index contributed by atoms with van der Waals surface area (Å²) >= 11 is 5.69. The van der Waals surface area contributed by atoms with Gasteiger partial charge in [0.25, 0.3) is 0 Å². The molecule has 0 aromatic rings. The van der Waals surface area contributed by atoms with E-state index in [1.807, 2.05) is 81.6 Å². The summed E-state index contributed by atoms with van der Waals surface area (Å²) in [6.07, 6.45) is 0. The minimum atomic E-state index is -0.475. The molecule has 0 rings (SSSR count). The highest BCUT2D eigenvalue weighted by molar-refractivity contribution is 14.1. The van der Waals surface area contributed by atoms with E-state index in [4.69, 9.17) is 5.73 Å². The van der Waals surface area contributed by atoms with E-state index in [2.05, 4.69) is 10.1 Å². The van der Waals surface area contributed by atoms with Gasteiger partial charge in [0.15, 0.2) is 0 Å². The van der Waals surface area contributed by atoms with Gasteiger partial charge in [-0.25, -0.2) is 0 Å². The fraction of sp³-hybridized carbons (Fsp3) is 0.700. The van der Waals surface area contributed by atoms with Gasteiger partial charge < -0.3 is 15.8 Å². The van der Waals surface area contributed by atoms with Crippen LogP contribution in [0.4, 0.5) is 0 Å². The molecule has 0 unspecified atom stereocenters. The van der Waals surface area contributed by atoms with Crippen molar-refractivity contribution in [3.05, 3.63) is 0 Å². The predicted octanol–water partition coefficient (Wildman–Crippen LogP) is 1.45. The quantitative estimate of drug-likeness (QED) is 0.217. The summed E-state index contributed by atoms with van der Waals surface area (Å²) in [6.45, 7) is 5.30. The molecule has 0 aliphatic carbocycles. The number of carbonyl (C=O) groups is 3. The molecule has 0 saturated heterocycles. The summed E-state index contributed by atoms with van der Waals surface area (Å²) in [6, 6.07) is 0. The smallest absolute Gasteiger partial charge is 0.323 e. The molecule has 1 amide bonds. The Kier molecular flexibility index (Phi) is 27.4. The Balaban J connectivity index is -0.000000228. The number of alkyl halides is 3. The summed E-state index contributed by atoms with van der Waals surface area (Å²) in [4.78, 5) is 30.9. The van der Waals surface area contributed by atoms with Crippen molar-refractivity contribution in [2.45, 2.75) is 13.8 Å². The lowest BCUT2D eigenvalue weighted by Gasteiger charge is -1.94. The molecule has 0 saturated carbocycles. The maximum atomic E-state index is 10.3. The molecule has 0 fully saturated rings. The van der Waals surface area contributed by atoms with Crippen LogP contribution in [0.2, 0.25) is 0 Å². The van der Waals surface area contributed by atoms with E-state index in [1.54, 1.807) is 0 Å². The standard InChI is InChI=1S/C4H4I2O3.C4H8INO.C2H7N/c5-1-3(7)9-4(8)2-6;1-2-6-4(7)3-5;1-2-3/h1-2H2;2-3H2,1H3,(H,6,7);2-3H2,1H3. The zero-order valence-electron chi connectivity index (χ0n) is 10.9. The lowest BCUT2D eigenvalue weighted by molar-refractivity contribution is -0.155. The fourth-order valence-corrected chi connectivity index (χ4v) is 1.01. The second kappa shape index (κ2) is 21.1. The van der Waals surface area contributed by atoms with Crippen molar-refractivity contribution in [2.75, 3.05) is 26.4 Å². The summed E-state index contributed by atoms with van der Waals surface area (Å²) in [7, 11) is 0. The Hall–Kier alpha value is 0.760. The number of halogens is 3. The number of amides is 1. The van der Waals surface area contributed by atoms with Crippen LogP contribution in [0.1, 0.15) is 13.8 Å². The van der Waals surface area contributed by atoms with Crippen molar-refractivity contribution in [1.82, 2.24) is 5.32 Å². The van der Waals surface area contributed by atoms with Crippen LogP contribution in [0.25, 0.3) is 0 Å². The Labute approximate surface area is 154 Å². The molecule has 0 bridgehead atoms. The Morgan fingerprint density at radius 3 is 1.53 bits per heavy atom. The van der Waals surface area contributed by atoms with E-state index in [9.17, 15) is 14.4 Å². The van der Waals surface area contributed by atoms with E-state index in [0.29, 0.717) is 4.43 Å². The van der Waals surface area contributed by atoms with Crippen LogP contribution < -0.4 is 11.1 Å². The average molecular weight is 612 g/mol. The van der Waals surface area contributed by atoms with Crippen LogP contribution in [-0.2, 0) is 19.1 Å². The molecular weight excluding hydrogens is 593 g/mol. The van der Waals surface area contributed by atoms with Gasteiger partial charge in [0.05, 0.1) is 13.3 Å². The van der Waals surface area contributed by atoms with Gasteiger partial charge in [-0.15, -0.1) is 0 Å². The van der Waals surface area contributed by atoms with Gasteiger partial charge in [-0.2, -0.15) is 0 Å². The number of hydrogen-bond acceptors (Lipinski definition) is 5. The highest BCUT2D eigenvalue weighted by atomic mass is 127. The number of carbonyl (C=O) groups excluding carboxylic acids is 3. The molecule has 0 aliphatic heterocycles. The lowest BCUT2D eigenvalue weighted by Crippen LogP contribution is -2.23. The van der Waals surface area contributed by atoms with E-state index < -0.39 is 11.9 Å². The monoisotopic (exact) mass is 612 g/mol. The van der Waals surface area contributed by atoms with Crippen LogP contribution in [-0.4, -0.2) is 44.2 Å². The minimum absolute atomic E-state index is 0.114. The lowest BCUT2D eigenvalue weighted by atomic mass is 10.6. The van der Waals surface area contributed by atoms with Gasteiger partial charge in [-0.05, 0) is 13.5 Å². The number of nitrogens with two attached hydrogens (primary N) is 1. The SMILES string of the molecule is CCN.CCNC(=O)CI.O=C(CI)OC(=O)CI. The molecule has 0 aromatic heterocycles. The van der Waals surface area contributed by atoms with Crippen LogP contribution in [0.3, 0.4) is 0 Å². The first-order chi connectivity index (χ1) is 8.92. The summed E-state index contributed by atoms with van der Waals surface area (Å²) in [5, 5.41) is 2.65. The van der Waals surface area contributed by atoms with Crippen molar-refractivity contribution in [3.8, 4) is 0 Å². The third-order valence-corrected chi connectivity index (χ3v) is 2.88. The molecule has 0 aliphatic rings. The van der Waals surface area contributed by atoms with Gasteiger partial charge in [0.2, 0.25) is 5.91 Å². The Morgan fingerprint density at radius 1 is 1.00 bits per heavy atom. The van der Waals surface area contributed by atoms with Crippen LogP contribution in [0.5, 0.6) is 0 Å². The maximum Gasteiger partial charge on any atom is 0.323 e. The third kappa shape index (κ3) is 27.8. The highest BCUT2D eigenvalue weighted by Crippen LogP contribution is 1.90. The van der Waals surface area contributed by atoms with Crippen LogP contribution >= 0.6 is 67.8 Å². The molecule has 0 aromatic carbocycles. The van der Waals surface area contributed by atoms with Gasteiger partial charge >= 0.3 is 11.9 Å². The van der Waals surface area contributed by atoms with E-state index in [0.717, 1.165) is 13.1 Å². The molecule has 0 radical (unpaired) electrons. The first-order valence-corrected chi connectivity index (χ1v) is 9.89. The third-order valence-electron chi connectivity index (χ3n) is 0.941. The van der Waals surface area contributed by atoms with E-state index in [-0.39, 0.29) is 14.8 Å². The molecule has 0 atom stereocenters. The summed E-state index contributed by atoms with van der Waals surface area (Å²) in [5.74, 6) is -0.836. The van der Waals surface area contributed by atoms with E-state index in [1.165, 1.54) is 0 Å². The molecule has 19 heavy (non-hydrogen) atoms. The molecule has 0 heterocycles. The van der Waals surface area contributed by atoms with Crippen LogP contribution in [0, 0.1) is 0 Å². The Morgan fingerprint density at radius 2 is 1.37 bits per heavy atom. The second-order valence-electron chi connectivity index (χ2n) is 2.61. The average Bonchev–Trinajstić information content (AvgIpc) is 2.40. The first kappa shape index (κ1) is 24.8. The Bertz CT molecular complexity index is 239. The zero-order chi connectivity index (χ0) is 15.7. The minimum Gasteiger partial charge on any atom is -0.392 e. The molecule has 3 N–H and O–H groups in total. The first-order valence-electron chi connectivity index (χ1n) is 5.31. The van der Waals surface area contributed by atoms with Crippen molar-refractivity contribution < 1.29 is 19.1 Å². The highest BCUT2D eigenvalue weighted by Gasteiger charge is 2.05. The molecule has 9 heteroatoms. The van der Waals surface area contributed by atoms with E-state index >= 15 is 0 Å². The second-order valence-corrected chi connectivity index (χ2v) is 4.90. The van der Waals surface area contributed by atoms with Crippen molar-refractivity contribution in [2.24, 2.45) is 5.73 Å². The maximum absolute atomic E-state index is 10.3. The number of nitrogens with one attached hydrogen (secondary N) is 1. The van der Waals surface area contributed by atoms with Gasteiger partial charge in [-0.3, -0.25) is 14.4 Å². The zero-order valence-corrected chi connectivity index (χ0v) is 17.4. The number of rotatable bonds is 4. The van der Waals surface area contributed by atoms with Gasteiger partial charge in [0.1, 0.15) is 0 Å². The molecule has 0 spiro atoms. The van der Waals surface area contributed by atoms with Crippen molar-refractivity contribution >= 4 is 85.6 Å². The summed E-state index contributed by atoms with van der Waals surface area (Å²) < 4.78 is 5.26. The molecular formula is C10H19I3N2O4. The topological polar surface area (TPSA) is 98.5 Å². The van der Waals surface area contributed by atoms with Gasteiger partial charge in [-0.1, -0.05) is 74.7 Å². The predicted molar refractivity (Wildman–Crippen MR) is 101 cm³/mol. The summed E-state index contributed by atoms with van der Waals surface area (Å²) in [5.41, 5.74) is 4.85. The largest absolute Gasteiger partial charge is 0.392 e. The number of ether oxygens (including phenoxy) is 1. The van der Waals surface area contributed by atoms with Crippen molar-refractivity contribution in [3.63, 3.8) is 0 Å².